The molecule has 0 fully saturated rings. The number of aryl methyl sites for hydroxylation is 1. The van der Waals surface area contributed by atoms with Crippen LogP contribution in [0.2, 0.25) is 5.02 Å². The van der Waals surface area contributed by atoms with E-state index in [0.717, 1.165) is 21.5 Å². The van der Waals surface area contributed by atoms with Gasteiger partial charge in [-0.25, -0.2) is 0 Å². The minimum absolute atomic E-state index is 0.0166. The molecule has 1 N–H and O–H groups in total. The Hall–Kier alpha value is -0.970. The predicted octanol–water partition coefficient (Wildman–Crippen LogP) is 5.28. The van der Waals surface area contributed by atoms with Gasteiger partial charge in [-0.3, -0.25) is 4.79 Å². The molecule has 21 heavy (non-hydrogen) atoms. The maximum Gasteiger partial charge on any atom is 0.234 e. The largest absolute Gasteiger partial charge is 0.325 e. The molecule has 0 radical (unpaired) electrons. The molecule has 0 aliphatic rings. The third kappa shape index (κ3) is 5.38. The first-order chi connectivity index (χ1) is 10.0. The lowest BCUT2D eigenvalue weighted by Crippen LogP contribution is -2.14. The molecule has 0 unspecified atom stereocenters. The van der Waals surface area contributed by atoms with Crippen molar-refractivity contribution in [3.8, 4) is 0 Å². The molecule has 0 saturated heterocycles. The number of carbonyl (C=O) groups excluding carboxylic acids is 1. The number of amides is 1. The molecule has 110 valence electrons. The van der Waals surface area contributed by atoms with E-state index in [0.29, 0.717) is 10.8 Å². The lowest BCUT2D eigenvalue weighted by molar-refractivity contribution is -0.113. The monoisotopic (exact) mass is 383 g/mol. The van der Waals surface area contributed by atoms with E-state index in [1.807, 2.05) is 31.2 Å². The van der Waals surface area contributed by atoms with Crippen molar-refractivity contribution in [2.45, 2.75) is 12.7 Å². The van der Waals surface area contributed by atoms with Gasteiger partial charge in [0.05, 0.1) is 5.75 Å². The van der Waals surface area contributed by atoms with E-state index in [4.69, 9.17) is 11.6 Å². The Kier molecular flexibility index (Phi) is 6.15. The minimum atomic E-state index is -0.0166. The number of benzene rings is 2. The summed E-state index contributed by atoms with van der Waals surface area (Å²) in [6.07, 6.45) is 0. The SMILES string of the molecule is Cc1ccc(NC(=O)CSCc2ccc(Br)cc2)cc1Cl. The molecule has 0 atom stereocenters. The van der Waals surface area contributed by atoms with Crippen LogP contribution in [0.4, 0.5) is 5.69 Å². The van der Waals surface area contributed by atoms with Gasteiger partial charge in [0.2, 0.25) is 5.91 Å². The van der Waals surface area contributed by atoms with Gasteiger partial charge in [-0.15, -0.1) is 11.8 Å². The highest BCUT2D eigenvalue weighted by molar-refractivity contribution is 9.10. The van der Waals surface area contributed by atoms with E-state index in [9.17, 15) is 4.79 Å². The predicted molar refractivity (Wildman–Crippen MR) is 95.1 cm³/mol. The normalized spacial score (nSPS) is 10.4. The molecule has 0 bridgehead atoms. The van der Waals surface area contributed by atoms with Crippen LogP contribution in [0, 0.1) is 6.92 Å². The van der Waals surface area contributed by atoms with Gasteiger partial charge in [0.15, 0.2) is 0 Å². The highest BCUT2D eigenvalue weighted by Crippen LogP contribution is 2.20. The molecular weight excluding hydrogens is 370 g/mol. The number of hydrogen-bond donors (Lipinski definition) is 1. The summed E-state index contributed by atoms with van der Waals surface area (Å²) in [5, 5.41) is 3.52. The molecular formula is C16H15BrClNOS. The summed E-state index contributed by atoms with van der Waals surface area (Å²) >= 11 is 11.0. The smallest absolute Gasteiger partial charge is 0.234 e. The Balaban J connectivity index is 1.79. The van der Waals surface area contributed by atoms with Crippen LogP contribution in [0.25, 0.3) is 0 Å². The number of hydrogen-bond acceptors (Lipinski definition) is 2. The van der Waals surface area contributed by atoms with Gasteiger partial charge in [-0.2, -0.15) is 0 Å². The van der Waals surface area contributed by atoms with Gasteiger partial charge in [0.25, 0.3) is 0 Å². The number of nitrogens with one attached hydrogen (secondary N) is 1. The lowest BCUT2D eigenvalue weighted by Gasteiger charge is -2.07. The summed E-state index contributed by atoms with van der Waals surface area (Å²) < 4.78 is 1.06. The van der Waals surface area contributed by atoms with Gasteiger partial charge in [0, 0.05) is 20.9 Å². The van der Waals surface area contributed by atoms with Crippen LogP contribution in [-0.4, -0.2) is 11.7 Å². The first-order valence-corrected chi connectivity index (χ1v) is 8.75. The van der Waals surface area contributed by atoms with Gasteiger partial charge in [0.1, 0.15) is 0 Å². The highest BCUT2D eigenvalue weighted by atomic mass is 79.9. The lowest BCUT2D eigenvalue weighted by atomic mass is 10.2. The Bertz CT molecular complexity index is 631. The zero-order valence-corrected chi connectivity index (χ0v) is 14.7. The van der Waals surface area contributed by atoms with E-state index in [1.165, 1.54) is 5.56 Å². The number of halogens is 2. The second kappa shape index (κ2) is 7.87. The van der Waals surface area contributed by atoms with E-state index < -0.39 is 0 Å². The summed E-state index contributed by atoms with van der Waals surface area (Å²) in [7, 11) is 0. The average Bonchev–Trinajstić information content (AvgIpc) is 2.45. The molecule has 1 amide bonds. The molecule has 0 aliphatic heterocycles. The zero-order chi connectivity index (χ0) is 15.2. The Morgan fingerprint density at radius 2 is 1.95 bits per heavy atom. The van der Waals surface area contributed by atoms with Crippen LogP contribution in [0.5, 0.6) is 0 Å². The third-order valence-corrected chi connectivity index (χ3v) is 4.81. The molecule has 0 heterocycles. The fourth-order valence-electron chi connectivity index (χ4n) is 1.71. The molecule has 2 rings (SSSR count). The van der Waals surface area contributed by atoms with Crippen molar-refractivity contribution in [2.75, 3.05) is 11.1 Å². The molecule has 2 aromatic carbocycles. The molecule has 2 nitrogen and oxygen atoms in total. The average molecular weight is 385 g/mol. The first-order valence-electron chi connectivity index (χ1n) is 6.43. The second-order valence-corrected chi connectivity index (χ2v) is 6.94. The van der Waals surface area contributed by atoms with Crippen molar-refractivity contribution in [3.05, 3.63) is 63.1 Å². The van der Waals surface area contributed by atoms with Crippen LogP contribution < -0.4 is 5.32 Å². The van der Waals surface area contributed by atoms with Crippen molar-refractivity contribution < 1.29 is 4.79 Å². The minimum Gasteiger partial charge on any atom is -0.325 e. The summed E-state index contributed by atoms with van der Waals surface area (Å²) in [5.41, 5.74) is 2.94. The van der Waals surface area contributed by atoms with Crippen LogP contribution in [-0.2, 0) is 10.5 Å². The van der Waals surface area contributed by atoms with Crippen molar-refractivity contribution >= 4 is 50.9 Å². The summed E-state index contributed by atoms with van der Waals surface area (Å²) in [5.74, 6) is 1.22. The topological polar surface area (TPSA) is 29.1 Å². The molecule has 0 saturated carbocycles. The Labute approximate surface area is 142 Å². The summed E-state index contributed by atoms with van der Waals surface area (Å²) in [4.78, 5) is 11.9. The first kappa shape index (κ1) is 16.4. The number of thioether (sulfide) groups is 1. The van der Waals surface area contributed by atoms with Crippen LogP contribution in [0.15, 0.2) is 46.9 Å². The van der Waals surface area contributed by atoms with Crippen LogP contribution >= 0.6 is 39.3 Å². The number of rotatable bonds is 5. The molecule has 0 spiro atoms. The molecule has 0 aromatic heterocycles. The van der Waals surface area contributed by atoms with Gasteiger partial charge in [-0.1, -0.05) is 45.7 Å². The maximum absolute atomic E-state index is 11.9. The van der Waals surface area contributed by atoms with Crippen molar-refractivity contribution in [1.82, 2.24) is 0 Å². The standard InChI is InChI=1S/C16H15BrClNOS/c1-11-2-7-14(8-15(11)18)19-16(20)10-21-9-12-3-5-13(17)6-4-12/h2-8H,9-10H2,1H3,(H,19,20). The van der Waals surface area contributed by atoms with Gasteiger partial charge in [-0.05, 0) is 42.3 Å². The van der Waals surface area contributed by atoms with E-state index >= 15 is 0 Å². The summed E-state index contributed by atoms with van der Waals surface area (Å²) in [6.45, 7) is 1.93. The quantitative estimate of drug-likeness (QED) is 0.759. The Morgan fingerprint density at radius 1 is 1.24 bits per heavy atom. The maximum atomic E-state index is 11.9. The zero-order valence-electron chi connectivity index (χ0n) is 11.5. The van der Waals surface area contributed by atoms with Crippen molar-refractivity contribution in [2.24, 2.45) is 0 Å². The number of anilines is 1. The van der Waals surface area contributed by atoms with Crippen LogP contribution in [0.3, 0.4) is 0 Å². The second-order valence-electron chi connectivity index (χ2n) is 4.63. The van der Waals surface area contributed by atoms with Crippen molar-refractivity contribution in [1.29, 1.82) is 0 Å². The van der Waals surface area contributed by atoms with Crippen LogP contribution in [0.1, 0.15) is 11.1 Å². The van der Waals surface area contributed by atoms with E-state index in [2.05, 4.69) is 33.4 Å². The fourth-order valence-corrected chi connectivity index (χ4v) is 2.94. The van der Waals surface area contributed by atoms with E-state index in [-0.39, 0.29) is 5.91 Å². The van der Waals surface area contributed by atoms with Gasteiger partial charge >= 0.3 is 0 Å². The van der Waals surface area contributed by atoms with E-state index in [1.54, 1.807) is 17.8 Å². The Morgan fingerprint density at radius 3 is 2.62 bits per heavy atom. The van der Waals surface area contributed by atoms with Gasteiger partial charge < -0.3 is 5.32 Å². The molecule has 0 aliphatic carbocycles. The van der Waals surface area contributed by atoms with Crippen molar-refractivity contribution in [3.63, 3.8) is 0 Å². The molecule has 5 heteroatoms. The highest BCUT2D eigenvalue weighted by Gasteiger charge is 2.04. The molecule has 2 aromatic rings. The fraction of sp³-hybridized carbons (Fsp3) is 0.188. The summed E-state index contributed by atoms with van der Waals surface area (Å²) in [6, 6.07) is 13.6. The third-order valence-electron chi connectivity index (χ3n) is 2.87. The number of carbonyl (C=O) groups is 1.